The van der Waals surface area contributed by atoms with E-state index in [0.717, 1.165) is 6.54 Å². The molecule has 0 amide bonds. The number of rotatable bonds is 3. The predicted octanol–water partition coefficient (Wildman–Crippen LogP) is 2.56. The maximum absolute atomic E-state index is 3.66. The van der Waals surface area contributed by atoms with E-state index in [-0.39, 0.29) is 0 Å². The molecular weight excluding hydrogens is 134 g/mol. The van der Waals surface area contributed by atoms with Gasteiger partial charge in [0, 0.05) is 12.1 Å². The van der Waals surface area contributed by atoms with Crippen molar-refractivity contribution in [1.29, 1.82) is 0 Å². The summed E-state index contributed by atoms with van der Waals surface area (Å²) >= 11 is 0. The second kappa shape index (κ2) is 2.78. The van der Waals surface area contributed by atoms with Crippen LogP contribution in [-0.4, -0.2) is 12.1 Å². The summed E-state index contributed by atoms with van der Waals surface area (Å²) in [4.78, 5) is 0. The Morgan fingerprint density at radius 1 is 1.27 bits per heavy atom. The van der Waals surface area contributed by atoms with Crippen LogP contribution >= 0.6 is 0 Å². The van der Waals surface area contributed by atoms with Crippen molar-refractivity contribution < 1.29 is 0 Å². The molecule has 1 aliphatic rings. The maximum Gasteiger partial charge on any atom is 0.0180 e. The van der Waals surface area contributed by atoms with E-state index in [1.54, 1.807) is 0 Å². The molecule has 0 spiro atoms. The van der Waals surface area contributed by atoms with E-state index >= 15 is 0 Å². The maximum atomic E-state index is 3.66. The normalized spacial score (nSPS) is 21.8. The van der Waals surface area contributed by atoms with E-state index < -0.39 is 0 Å². The van der Waals surface area contributed by atoms with E-state index in [9.17, 15) is 0 Å². The van der Waals surface area contributed by atoms with Crippen molar-refractivity contribution in [3.8, 4) is 0 Å². The van der Waals surface area contributed by atoms with E-state index in [2.05, 4.69) is 33.0 Å². The monoisotopic (exact) mass is 155 g/mol. The Morgan fingerprint density at radius 2 is 1.82 bits per heavy atom. The van der Waals surface area contributed by atoms with Crippen molar-refractivity contribution in [3.63, 3.8) is 0 Å². The van der Waals surface area contributed by atoms with Gasteiger partial charge in [-0.3, -0.25) is 0 Å². The van der Waals surface area contributed by atoms with Gasteiger partial charge in [0.2, 0.25) is 0 Å². The van der Waals surface area contributed by atoms with E-state index in [1.165, 1.54) is 19.3 Å². The van der Waals surface area contributed by atoms with Crippen molar-refractivity contribution >= 4 is 0 Å². The molecule has 0 saturated heterocycles. The van der Waals surface area contributed by atoms with Crippen molar-refractivity contribution in [2.45, 2.75) is 52.5 Å². The van der Waals surface area contributed by atoms with Gasteiger partial charge in [0.25, 0.3) is 0 Å². The van der Waals surface area contributed by atoms with Gasteiger partial charge in [-0.05, 0) is 24.7 Å². The van der Waals surface area contributed by atoms with Crippen LogP contribution in [0, 0.1) is 5.41 Å². The minimum Gasteiger partial charge on any atom is -0.311 e. The first kappa shape index (κ1) is 9.05. The minimum atomic E-state index is 0.435. The molecule has 1 N–H and O–H groups in total. The summed E-state index contributed by atoms with van der Waals surface area (Å²) in [5, 5.41) is 3.66. The summed E-state index contributed by atoms with van der Waals surface area (Å²) in [6.45, 7) is 10.3. The van der Waals surface area contributed by atoms with Crippen LogP contribution in [0.5, 0.6) is 0 Å². The molecule has 1 aliphatic carbocycles. The molecule has 0 bridgehead atoms. The fourth-order valence-corrected chi connectivity index (χ4v) is 1.26. The van der Waals surface area contributed by atoms with E-state index in [4.69, 9.17) is 0 Å². The first-order valence-electron chi connectivity index (χ1n) is 4.72. The molecule has 66 valence electrons. The van der Waals surface area contributed by atoms with Gasteiger partial charge < -0.3 is 5.32 Å². The average molecular weight is 155 g/mol. The summed E-state index contributed by atoms with van der Waals surface area (Å²) in [6.07, 6.45) is 4.07. The molecule has 0 radical (unpaired) electrons. The zero-order valence-electron chi connectivity index (χ0n) is 8.33. The molecule has 0 aromatic carbocycles. The third-order valence-electron chi connectivity index (χ3n) is 2.52. The lowest BCUT2D eigenvalue weighted by molar-refractivity contribution is 0.337. The predicted molar refractivity (Wildman–Crippen MR) is 49.7 cm³/mol. The first-order chi connectivity index (χ1) is 4.97. The standard InChI is InChI=1S/C10H21N/c1-5-10(6-7-10)11-8-9(2,3)4/h11H,5-8H2,1-4H3. The van der Waals surface area contributed by atoms with Crippen LogP contribution in [-0.2, 0) is 0 Å². The topological polar surface area (TPSA) is 12.0 Å². The molecule has 1 fully saturated rings. The van der Waals surface area contributed by atoms with Crippen LogP contribution in [0.4, 0.5) is 0 Å². The molecular formula is C10H21N. The molecule has 11 heavy (non-hydrogen) atoms. The fraction of sp³-hybridized carbons (Fsp3) is 1.00. The third-order valence-corrected chi connectivity index (χ3v) is 2.52. The van der Waals surface area contributed by atoms with Crippen LogP contribution < -0.4 is 5.32 Å². The van der Waals surface area contributed by atoms with Gasteiger partial charge in [-0.25, -0.2) is 0 Å². The quantitative estimate of drug-likeness (QED) is 0.660. The molecule has 1 saturated carbocycles. The van der Waals surface area contributed by atoms with Crippen molar-refractivity contribution in [2.75, 3.05) is 6.54 Å². The Bertz CT molecular complexity index is 128. The molecule has 0 heterocycles. The van der Waals surface area contributed by atoms with Crippen molar-refractivity contribution in [3.05, 3.63) is 0 Å². The summed E-state index contributed by atoms with van der Waals surface area (Å²) in [5.74, 6) is 0. The van der Waals surface area contributed by atoms with Crippen molar-refractivity contribution in [1.82, 2.24) is 5.32 Å². The van der Waals surface area contributed by atoms with Crippen molar-refractivity contribution in [2.24, 2.45) is 5.41 Å². The third kappa shape index (κ3) is 2.82. The Labute approximate surface area is 70.6 Å². The second-order valence-electron chi connectivity index (χ2n) is 5.05. The SMILES string of the molecule is CCC1(NCC(C)(C)C)CC1. The van der Waals surface area contributed by atoms with Gasteiger partial charge in [0.05, 0.1) is 0 Å². The Balaban J connectivity index is 2.22. The Hall–Kier alpha value is -0.0400. The first-order valence-corrected chi connectivity index (χ1v) is 4.72. The highest BCUT2D eigenvalue weighted by Gasteiger charge is 2.40. The summed E-state index contributed by atoms with van der Waals surface area (Å²) in [6, 6.07) is 0. The highest BCUT2D eigenvalue weighted by molar-refractivity contribution is 5.01. The zero-order valence-corrected chi connectivity index (χ0v) is 8.33. The Kier molecular flexibility index (Phi) is 2.29. The highest BCUT2D eigenvalue weighted by Crippen LogP contribution is 2.38. The van der Waals surface area contributed by atoms with E-state index in [1.807, 2.05) is 0 Å². The number of nitrogens with one attached hydrogen (secondary N) is 1. The molecule has 0 aromatic heterocycles. The summed E-state index contributed by atoms with van der Waals surface area (Å²) in [7, 11) is 0. The molecule has 0 aromatic rings. The smallest absolute Gasteiger partial charge is 0.0180 e. The van der Waals surface area contributed by atoms with Crippen LogP contribution in [0.3, 0.4) is 0 Å². The van der Waals surface area contributed by atoms with Crippen LogP contribution in [0.1, 0.15) is 47.0 Å². The summed E-state index contributed by atoms with van der Waals surface area (Å²) < 4.78 is 0. The van der Waals surface area contributed by atoms with Crippen LogP contribution in [0.2, 0.25) is 0 Å². The minimum absolute atomic E-state index is 0.435. The van der Waals surface area contributed by atoms with Gasteiger partial charge in [0.15, 0.2) is 0 Å². The fourth-order valence-electron chi connectivity index (χ4n) is 1.26. The average Bonchev–Trinajstić information content (AvgIpc) is 2.63. The lowest BCUT2D eigenvalue weighted by Gasteiger charge is -2.23. The van der Waals surface area contributed by atoms with Crippen LogP contribution in [0.25, 0.3) is 0 Å². The molecule has 0 unspecified atom stereocenters. The van der Waals surface area contributed by atoms with Gasteiger partial charge >= 0.3 is 0 Å². The molecule has 1 nitrogen and oxygen atoms in total. The Morgan fingerprint density at radius 3 is 2.09 bits per heavy atom. The lowest BCUT2D eigenvalue weighted by atomic mass is 9.96. The molecule has 1 rings (SSSR count). The molecule has 0 atom stereocenters. The zero-order chi connectivity index (χ0) is 8.54. The number of hydrogen-bond acceptors (Lipinski definition) is 1. The molecule has 0 aliphatic heterocycles. The van der Waals surface area contributed by atoms with Gasteiger partial charge in [-0.15, -0.1) is 0 Å². The number of hydrogen-bond donors (Lipinski definition) is 1. The highest BCUT2D eigenvalue weighted by atomic mass is 15.0. The van der Waals surface area contributed by atoms with E-state index in [0.29, 0.717) is 11.0 Å². The van der Waals surface area contributed by atoms with Gasteiger partial charge in [-0.1, -0.05) is 27.7 Å². The van der Waals surface area contributed by atoms with Gasteiger partial charge in [-0.2, -0.15) is 0 Å². The summed E-state index contributed by atoms with van der Waals surface area (Å²) in [5.41, 5.74) is 0.984. The largest absolute Gasteiger partial charge is 0.311 e. The lowest BCUT2D eigenvalue weighted by Crippen LogP contribution is -2.37. The van der Waals surface area contributed by atoms with Crippen LogP contribution in [0.15, 0.2) is 0 Å². The molecule has 1 heteroatoms. The second-order valence-corrected chi connectivity index (χ2v) is 5.05. The van der Waals surface area contributed by atoms with Gasteiger partial charge in [0.1, 0.15) is 0 Å².